The van der Waals surface area contributed by atoms with Crippen LogP contribution in [0.15, 0.2) is 48.5 Å². The van der Waals surface area contributed by atoms with E-state index in [1.807, 2.05) is 24.3 Å². The van der Waals surface area contributed by atoms with E-state index in [0.29, 0.717) is 19.5 Å². The lowest BCUT2D eigenvalue weighted by Gasteiger charge is -2.28. The van der Waals surface area contributed by atoms with E-state index in [9.17, 15) is 9.59 Å². The molecular weight excluding hydrogens is 370 g/mol. The average molecular weight is 397 g/mol. The molecule has 7 nitrogen and oxygen atoms in total. The molecule has 2 aromatic rings. The number of ether oxygens (including phenoxy) is 2. The number of carbonyl (C=O) groups is 2. The summed E-state index contributed by atoms with van der Waals surface area (Å²) in [6.07, 6.45) is 0.668. The maximum atomic E-state index is 12.0. The summed E-state index contributed by atoms with van der Waals surface area (Å²) in [6.45, 7) is 4.02. The molecule has 0 bridgehead atoms. The predicted octanol–water partition coefficient (Wildman–Crippen LogP) is 1.51. The van der Waals surface area contributed by atoms with Crippen molar-refractivity contribution < 1.29 is 19.1 Å². The number of nitrogens with one attached hydrogen (secondary N) is 2. The molecule has 2 amide bonds. The molecule has 0 spiro atoms. The third kappa shape index (κ3) is 6.22. The van der Waals surface area contributed by atoms with Crippen molar-refractivity contribution in [1.29, 1.82) is 0 Å². The van der Waals surface area contributed by atoms with E-state index in [1.165, 1.54) is 5.69 Å². The lowest BCUT2D eigenvalue weighted by molar-refractivity contribution is -0.139. The summed E-state index contributed by atoms with van der Waals surface area (Å²) in [7, 11) is 1.60. The van der Waals surface area contributed by atoms with Crippen molar-refractivity contribution in [3.8, 4) is 5.75 Å². The van der Waals surface area contributed by atoms with Crippen molar-refractivity contribution >= 4 is 17.5 Å². The van der Waals surface area contributed by atoms with Crippen LogP contribution >= 0.6 is 0 Å². The zero-order chi connectivity index (χ0) is 20.5. The van der Waals surface area contributed by atoms with Gasteiger partial charge in [-0.15, -0.1) is 0 Å². The molecule has 1 aliphatic heterocycles. The first-order valence-electron chi connectivity index (χ1n) is 9.76. The van der Waals surface area contributed by atoms with Crippen LogP contribution in [0.4, 0.5) is 5.69 Å². The normalized spacial score (nSPS) is 13.6. The zero-order valence-electron chi connectivity index (χ0n) is 16.6. The Morgan fingerprint density at radius 2 is 1.55 bits per heavy atom. The molecule has 1 heterocycles. The number of hydrogen-bond donors (Lipinski definition) is 2. The number of amides is 2. The fourth-order valence-electron chi connectivity index (χ4n) is 3.10. The Morgan fingerprint density at radius 1 is 0.931 bits per heavy atom. The highest BCUT2D eigenvalue weighted by atomic mass is 16.5. The Morgan fingerprint density at radius 3 is 2.21 bits per heavy atom. The van der Waals surface area contributed by atoms with Gasteiger partial charge in [0.2, 0.25) is 0 Å². The van der Waals surface area contributed by atoms with Gasteiger partial charge < -0.3 is 25.0 Å². The van der Waals surface area contributed by atoms with Gasteiger partial charge in [-0.2, -0.15) is 0 Å². The molecule has 0 aliphatic carbocycles. The SMILES string of the molecule is COc1ccc(CNC(=O)C(=O)NCCc2ccc(N3CCOCC3)cc2)cc1. The van der Waals surface area contributed by atoms with E-state index in [2.05, 4.69) is 39.8 Å². The van der Waals surface area contributed by atoms with Crippen molar-refractivity contribution in [1.82, 2.24) is 10.6 Å². The zero-order valence-corrected chi connectivity index (χ0v) is 16.6. The number of rotatable bonds is 7. The van der Waals surface area contributed by atoms with E-state index in [1.54, 1.807) is 7.11 Å². The highest BCUT2D eigenvalue weighted by Crippen LogP contribution is 2.16. The van der Waals surface area contributed by atoms with Gasteiger partial charge in [0.1, 0.15) is 5.75 Å². The summed E-state index contributed by atoms with van der Waals surface area (Å²) < 4.78 is 10.5. The Balaban J connectivity index is 1.37. The first-order chi connectivity index (χ1) is 14.2. The number of methoxy groups -OCH3 is 1. The molecule has 0 saturated carbocycles. The number of anilines is 1. The lowest BCUT2D eigenvalue weighted by atomic mass is 10.1. The fourth-order valence-corrected chi connectivity index (χ4v) is 3.10. The van der Waals surface area contributed by atoms with Crippen molar-refractivity contribution in [2.75, 3.05) is 44.9 Å². The molecule has 1 aliphatic rings. The minimum atomic E-state index is -0.636. The van der Waals surface area contributed by atoms with Crippen LogP contribution in [0.1, 0.15) is 11.1 Å². The average Bonchev–Trinajstić information content (AvgIpc) is 2.78. The van der Waals surface area contributed by atoms with Crippen LogP contribution in [0.3, 0.4) is 0 Å². The summed E-state index contributed by atoms with van der Waals surface area (Å²) in [5, 5.41) is 5.29. The summed E-state index contributed by atoms with van der Waals surface area (Å²) in [5.74, 6) is -0.511. The molecule has 0 atom stereocenters. The molecule has 1 fully saturated rings. The fraction of sp³-hybridized carbons (Fsp3) is 0.364. The molecule has 0 aromatic heterocycles. The van der Waals surface area contributed by atoms with E-state index < -0.39 is 11.8 Å². The molecule has 29 heavy (non-hydrogen) atoms. The van der Waals surface area contributed by atoms with Crippen LogP contribution in [0, 0.1) is 0 Å². The maximum absolute atomic E-state index is 12.0. The topological polar surface area (TPSA) is 79.9 Å². The van der Waals surface area contributed by atoms with Crippen LogP contribution in [0.25, 0.3) is 0 Å². The highest BCUT2D eigenvalue weighted by molar-refractivity contribution is 6.35. The van der Waals surface area contributed by atoms with Crippen LogP contribution in [0.5, 0.6) is 5.75 Å². The van der Waals surface area contributed by atoms with Crippen molar-refractivity contribution in [3.63, 3.8) is 0 Å². The number of morpholine rings is 1. The monoisotopic (exact) mass is 397 g/mol. The number of nitrogens with zero attached hydrogens (tertiary/aromatic N) is 1. The van der Waals surface area contributed by atoms with Gasteiger partial charge in [-0.1, -0.05) is 24.3 Å². The van der Waals surface area contributed by atoms with Gasteiger partial charge in [0.25, 0.3) is 0 Å². The van der Waals surface area contributed by atoms with Crippen LogP contribution < -0.4 is 20.3 Å². The van der Waals surface area contributed by atoms with Crippen LogP contribution in [-0.2, 0) is 27.3 Å². The predicted molar refractivity (Wildman–Crippen MR) is 111 cm³/mol. The van der Waals surface area contributed by atoms with Crippen molar-refractivity contribution in [3.05, 3.63) is 59.7 Å². The second kappa shape index (κ2) is 10.5. The molecule has 0 unspecified atom stereocenters. The van der Waals surface area contributed by atoms with E-state index in [-0.39, 0.29) is 0 Å². The minimum absolute atomic E-state index is 0.291. The maximum Gasteiger partial charge on any atom is 0.309 e. The molecule has 2 aromatic carbocycles. The number of benzene rings is 2. The third-order valence-corrected chi connectivity index (χ3v) is 4.83. The minimum Gasteiger partial charge on any atom is -0.497 e. The van der Waals surface area contributed by atoms with Gasteiger partial charge in [0.15, 0.2) is 0 Å². The van der Waals surface area contributed by atoms with Crippen LogP contribution in [0.2, 0.25) is 0 Å². The summed E-state index contributed by atoms with van der Waals surface area (Å²) >= 11 is 0. The Bertz CT molecular complexity index is 800. The van der Waals surface area contributed by atoms with Crippen molar-refractivity contribution in [2.24, 2.45) is 0 Å². The second-order valence-electron chi connectivity index (χ2n) is 6.80. The molecule has 3 rings (SSSR count). The van der Waals surface area contributed by atoms with Gasteiger partial charge in [-0.05, 0) is 41.8 Å². The molecular formula is C22H27N3O4. The second-order valence-corrected chi connectivity index (χ2v) is 6.80. The summed E-state index contributed by atoms with van der Waals surface area (Å²) in [5.41, 5.74) is 3.19. The van der Waals surface area contributed by atoms with Crippen molar-refractivity contribution in [2.45, 2.75) is 13.0 Å². The van der Waals surface area contributed by atoms with E-state index >= 15 is 0 Å². The van der Waals surface area contributed by atoms with Gasteiger partial charge in [-0.25, -0.2) is 0 Å². The van der Waals surface area contributed by atoms with Crippen LogP contribution in [-0.4, -0.2) is 51.8 Å². The third-order valence-electron chi connectivity index (χ3n) is 4.83. The standard InChI is InChI=1S/C22H27N3O4/c1-28-20-8-4-18(5-9-20)16-24-22(27)21(26)23-11-10-17-2-6-19(7-3-17)25-12-14-29-15-13-25/h2-9H,10-16H2,1H3,(H,23,26)(H,24,27). The Labute approximate surface area is 171 Å². The Hall–Kier alpha value is -3.06. The van der Waals surface area contributed by atoms with Gasteiger partial charge >= 0.3 is 11.8 Å². The van der Waals surface area contributed by atoms with E-state index in [4.69, 9.17) is 9.47 Å². The quantitative estimate of drug-likeness (QED) is 0.693. The van der Waals surface area contributed by atoms with Gasteiger partial charge in [-0.3, -0.25) is 9.59 Å². The molecule has 7 heteroatoms. The van der Waals surface area contributed by atoms with Gasteiger partial charge in [0, 0.05) is 31.9 Å². The first kappa shape index (κ1) is 20.7. The molecule has 1 saturated heterocycles. The summed E-state index contributed by atoms with van der Waals surface area (Å²) in [4.78, 5) is 26.2. The summed E-state index contributed by atoms with van der Waals surface area (Å²) in [6, 6.07) is 15.6. The smallest absolute Gasteiger partial charge is 0.309 e. The van der Waals surface area contributed by atoms with Gasteiger partial charge in [0.05, 0.1) is 20.3 Å². The first-order valence-corrected chi connectivity index (χ1v) is 9.76. The molecule has 2 N–H and O–H groups in total. The molecule has 154 valence electrons. The lowest BCUT2D eigenvalue weighted by Crippen LogP contribution is -2.40. The number of carbonyl (C=O) groups excluding carboxylic acids is 2. The highest BCUT2D eigenvalue weighted by Gasteiger charge is 2.13. The molecule has 0 radical (unpaired) electrons. The Kier molecular flexibility index (Phi) is 7.47. The van der Waals surface area contributed by atoms with E-state index in [0.717, 1.165) is 43.2 Å². The largest absolute Gasteiger partial charge is 0.497 e. The number of hydrogen-bond acceptors (Lipinski definition) is 5.